The van der Waals surface area contributed by atoms with Gasteiger partial charge in [0.05, 0.1) is 23.9 Å². The van der Waals surface area contributed by atoms with Crippen LogP contribution in [0.25, 0.3) is 0 Å². The summed E-state index contributed by atoms with van der Waals surface area (Å²) in [5.74, 6) is 2.02. The second kappa shape index (κ2) is 14.7. The first kappa shape index (κ1) is 34.0. The van der Waals surface area contributed by atoms with Gasteiger partial charge in [0.1, 0.15) is 23.9 Å². The Bertz CT molecular complexity index is 1610. The van der Waals surface area contributed by atoms with Crippen molar-refractivity contribution in [2.75, 3.05) is 56.0 Å². The predicted molar refractivity (Wildman–Crippen MR) is 183 cm³/mol. The van der Waals surface area contributed by atoms with Crippen molar-refractivity contribution < 1.29 is 23.8 Å². The van der Waals surface area contributed by atoms with Gasteiger partial charge in [0.2, 0.25) is 11.9 Å². The minimum Gasteiger partial charge on any atom is -0.486 e. The third-order valence-electron chi connectivity index (χ3n) is 9.36. The molecule has 15 heteroatoms. The number of fused-ring (bicyclic) bond motifs is 1. The number of benzene rings is 1. The van der Waals surface area contributed by atoms with Crippen LogP contribution in [0.5, 0.6) is 5.75 Å². The standard InChI is InChI=1S/C33H45N9O5S/c1-19(2)40-7-9-41(10-8-40)33-38-26(12-29(39-33)37-23-15-42(16-23)21(4)43)32(45)35-14-27(44)30-31(48)25-6-5-24(11-22(25)13-34-30)46-17-28-20(3)36-18-47-28/h5-6,11-12,18-19,23,27,30-31,34,44,48H,7-10,13-17H2,1-4H3,(H,35,45)(H,37,38,39)/t27-,30-,31?/m1/s1. The van der Waals surface area contributed by atoms with Crippen molar-refractivity contribution in [2.24, 2.45) is 0 Å². The second-order valence-electron chi connectivity index (χ2n) is 13.0. The lowest BCUT2D eigenvalue weighted by Gasteiger charge is -2.39. The Hall–Kier alpha value is -3.92. The highest BCUT2D eigenvalue weighted by molar-refractivity contribution is 7.80. The van der Waals surface area contributed by atoms with E-state index >= 15 is 0 Å². The number of rotatable bonds is 11. The summed E-state index contributed by atoms with van der Waals surface area (Å²) < 4.78 is 11.3. The van der Waals surface area contributed by atoms with E-state index in [9.17, 15) is 14.7 Å². The minimum absolute atomic E-state index is 0.00593. The van der Waals surface area contributed by atoms with Crippen LogP contribution >= 0.6 is 12.6 Å². The van der Waals surface area contributed by atoms with E-state index in [2.05, 4.69) is 49.6 Å². The molecular weight excluding hydrogens is 634 g/mol. The minimum atomic E-state index is -0.912. The van der Waals surface area contributed by atoms with Crippen molar-refractivity contribution in [2.45, 2.75) is 70.3 Å². The van der Waals surface area contributed by atoms with Gasteiger partial charge in [-0.3, -0.25) is 14.5 Å². The molecule has 258 valence electrons. The molecule has 3 aromatic rings. The molecule has 48 heavy (non-hydrogen) atoms. The summed E-state index contributed by atoms with van der Waals surface area (Å²) in [6.45, 7) is 13.0. The average molecular weight is 680 g/mol. The zero-order chi connectivity index (χ0) is 33.9. The fourth-order valence-electron chi connectivity index (χ4n) is 6.26. The summed E-state index contributed by atoms with van der Waals surface area (Å²) in [5.41, 5.74) is 3.02. The summed E-state index contributed by atoms with van der Waals surface area (Å²) in [6, 6.07) is 7.53. The van der Waals surface area contributed by atoms with Crippen molar-refractivity contribution in [3.05, 3.63) is 58.9 Å². The summed E-state index contributed by atoms with van der Waals surface area (Å²) >= 11 is 4.85. The van der Waals surface area contributed by atoms with Gasteiger partial charge in [0.15, 0.2) is 12.2 Å². The number of anilines is 2. The molecule has 0 spiro atoms. The lowest BCUT2D eigenvalue weighted by Crippen LogP contribution is -2.56. The van der Waals surface area contributed by atoms with Crippen LogP contribution in [0.3, 0.4) is 0 Å². The number of aliphatic hydroxyl groups is 1. The van der Waals surface area contributed by atoms with Crippen molar-refractivity contribution >= 4 is 36.2 Å². The fraction of sp³-hybridized carbons (Fsp3) is 0.545. The molecule has 2 amide bonds. The number of aliphatic hydroxyl groups excluding tert-OH is 1. The van der Waals surface area contributed by atoms with Crippen LogP contribution in [0.2, 0.25) is 0 Å². The molecule has 0 aliphatic carbocycles. The van der Waals surface area contributed by atoms with Crippen molar-refractivity contribution in [1.82, 2.24) is 35.4 Å². The number of nitrogens with zero attached hydrogens (tertiary/aromatic N) is 6. The van der Waals surface area contributed by atoms with E-state index < -0.39 is 18.1 Å². The summed E-state index contributed by atoms with van der Waals surface area (Å²) in [6.07, 6.45) is 0.492. The van der Waals surface area contributed by atoms with E-state index in [1.807, 2.05) is 25.1 Å². The third-order valence-corrected chi connectivity index (χ3v) is 9.96. The van der Waals surface area contributed by atoms with Gasteiger partial charge >= 0.3 is 0 Å². The summed E-state index contributed by atoms with van der Waals surface area (Å²) in [4.78, 5) is 44.9. The summed E-state index contributed by atoms with van der Waals surface area (Å²) in [5, 5.41) is 20.5. The highest BCUT2D eigenvalue weighted by Crippen LogP contribution is 2.35. The molecule has 2 aromatic heterocycles. The smallest absolute Gasteiger partial charge is 0.270 e. The predicted octanol–water partition coefficient (Wildman–Crippen LogP) is 1.76. The van der Waals surface area contributed by atoms with Crippen LogP contribution in [0, 0.1) is 6.92 Å². The van der Waals surface area contributed by atoms with Gasteiger partial charge in [-0.15, -0.1) is 0 Å². The highest BCUT2D eigenvalue weighted by atomic mass is 32.1. The number of thiol groups is 1. The molecule has 0 saturated carbocycles. The zero-order valence-corrected chi connectivity index (χ0v) is 28.7. The van der Waals surface area contributed by atoms with Crippen LogP contribution in [-0.2, 0) is 17.9 Å². The van der Waals surface area contributed by atoms with Gasteiger partial charge < -0.3 is 40.0 Å². The van der Waals surface area contributed by atoms with Crippen LogP contribution < -0.4 is 25.6 Å². The van der Waals surface area contributed by atoms with Crippen molar-refractivity contribution in [3.8, 4) is 5.75 Å². The summed E-state index contributed by atoms with van der Waals surface area (Å²) in [7, 11) is 0. The number of likely N-dealkylation sites (tertiary alicyclic amines) is 1. The van der Waals surface area contributed by atoms with Crippen LogP contribution in [0.4, 0.5) is 11.8 Å². The Kier molecular flexibility index (Phi) is 10.4. The Morgan fingerprint density at radius 2 is 1.94 bits per heavy atom. The maximum atomic E-state index is 13.5. The molecule has 2 fully saturated rings. The van der Waals surface area contributed by atoms with Crippen molar-refractivity contribution in [1.29, 1.82) is 0 Å². The number of aryl methyl sites for hydroxylation is 1. The van der Waals surface area contributed by atoms with E-state index in [1.165, 1.54) is 6.39 Å². The number of carbonyl (C=O) groups excluding carboxylic acids is 2. The number of nitrogens with one attached hydrogen (secondary N) is 3. The van der Waals surface area contributed by atoms with E-state index in [0.717, 1.165) is 43.0 Å². The Morgan fingerprint density at radius 3 is 2.62 bits per heavy atom. The van der Waals surface area contributed by atoms with Crippen LogP contribution in [0.15, 0.2) is 35.1 Å². The van der Waals surface area contributed by atoms with E-state index in [1.54, 1.807) is 17.9 Å². The van der Waals surface area contributed by atoms with Gasteiger partial charge in [0.25, 0.3) is 5.91 Å². The molecule has 3 aliphatic rings. The lowest BCUT2D eigenvalue weighted by molar-refractivity contribution is -0.132. The number of amides is 2. The van der Waals surface area contributed by atoms with Gasteiger partial charge in [-0.25, -0.2) is 9.97 Å². The Labute approximate surface area is 286 Å². The van der Waals surface area contributed by atoms with Crippen LogP contribution in [0.1, 0.15) is 59.1 Å². The van der Waals surface area contributed by atoms with Gasteiger partial charge in [0, 0.05) is 76.6 Å². The molecule has 14 nitrogen and oxygen atoms in total. The molecule has 3 aliphatic heterocycles. The first-order valence-corrected chi connectivity index (χ1v) is 17.0. The number of hydrogen-bond acceptors (Lipinski definition) is 13. The SMILES string of the molecule is CC(=O)N1CC(Nc2cc(C(=O)NC[C@@H](O)[C@H]3NCc4cc(OCc5ocnc5C)ccc4C3S)nc(N3CCN(C(C)C)CC3)n2)C1. The van der Waals surface area contributed by atoms with E-state index in [4.69, 9.17) is 26.8 Å². The van der Waals surface area contributed by atoms with E-state index in [0.29, 0.717) is 49.0 Å². The van der Waals surface area contributed by atoms with Gasteiger partial charge in [-0.1, -0.05) is 6.07 Å². The van der Waals surface area contributed by atoms with Gasteiger partial charge in [-0.2, -0.15) is 17.6 Å². The molecule has 1 aromatic carbocycles. The molecule has 4 N–H and O–H groups in total. The molecule has 0 radical (unpaired) electrons. The maximum absolute atomic E-state index is 13.5. The fourth-order valence-corrected chi connectivity index (χ4v) is 6.82. The molecule has 3 atom stereocenters. The largest absolute Gasteiger partial charge is 0.486 e. The van der Waals surface area contributed by atoms with Crippen molar-refractivity contribution in [3.63, 3.8) is 0 Å². The Balaban J connectivity index is 1.08. The third kappa shape index (κ3) is 7.69. The average Bonchev–Trinajstić information content (AvgIpc) is 3.48. The number of piperazine rings is 1. The molecule has 2 saturated heterocycles. The van der Waals surface area contributed by atoms with Crippen LogP contribution in [-0.4, -0.2) is 112 Å². The first-order valence-electron chi connectivity index (χ1n) is 16.5. The second-order valence-corrected chi connectivity index (χ2v) is 13.5. The normalized spacial score (nSPS) is 20.6. The number of carbonyl (C=O) groups is 2. The number of aromatic nitrogens is 3. The molecule has 6 rings (SSSR count). The topological polar surface area (TPSA) is 161 Å². The first-order chi connectivity index (χ1) is 23.0. The molecule has 5 heterocycles. The van der Waals surface area contributed by atoms with Gasteiger partial charge in [-0.05, 0) is 44.0 Å². The molecular formula is C33H45N9O5S. The maximum Gasteiger partial charge on any atom is 0.270 e. The number of oxazole rings is 1. The monoisotopic (exact) mass is 679 g/mol. The molecule has 1 unspecified atom stereocenters. The molecule has 0 bridgehead atoms. The Morgan fingerprint density at radius 1 is 1.17 bits per heavy atom. The highest BCUT2D eigenvalue weighted by Gasteiger charge is 2.33. The number of hydrogen-bond donors (Lipinski definition) is 5. The zero-order valence-electron chi connectivity index (χ0n) is 27.8. The quantitative estimate of drug-likeness (QED) is 0.187. The number of ether oxygens (including phenoxy) is 1. The van der Waals surface area contributed by atoms with E-state index in [-0.39, 0.29) is 36.0 Å². The lowest BCUT2D eigenvalue weighted by atomic mass is 9.92.